The zero-order valence-corrected chi connectivity index (χ0v) is 17.6. The Bertz CT molecular complexity index is 849. The number of amides is 1. The molecular formula is C24H30FN3O2. The molecule has 1 amide bonds. The van der Waals surface area contributed by atoms with Crippen molar-refractivity contribution < 1.29 is 13.9 Å². The summed E-state index contributed by atoms with van der Waals surface area (Å²) in [5, 5.41) is 0. The average molecular weight is 412 g/mol. The van der Waals surface area contributed by atoms with Gasteiger partial charge < -0.3 is 9.64 Å². The largest absolute Gasteiger partial charge is 0.496 e. The van der Waals surface area contributed by atoms with Crippen LogP contribution in [-0.2, 0) is 17.9 Å². The number of rotatable bonds is 8. The minimum absolute atomic E-state index is 0.224. The third-order valence-corrected chi connectivity index (χ3v) is 5.96. The van der Waals surface area contributed by atoms with E-state index in [4.69, 9.17) is 4.74 Å². The SMILES string of the molecule is COc1ccc(F)cc1CN1CCN(CC(=O)N(Cc2ccccc2)C2CC2)CC1. The molecule has 0 N–H and O–H groups in total. The maximum atomic E-state index is 13.6. The molecule has 0 atom stereocenters. The summed E-state index contributed by atoms with van der Waals surface area (Å²) in [7, 11) is 1.61. The summed E-state index contributed by atoms with van der Waals surface area (Å²) >= 11 is 0. The molecule has 0 radical (unpaired) electrons. The lowest BCUT2D eigenvalue weighted by Gasteiger charge is -2.35. The average Bonchev–Trinajstić information content (AvgIpc) is 3.59. The van der Waals surface area contributed by atoms with Crippen LogP contribution in [0, 0.1) is 5.82 Å². The van der Waals surface area contributed by atoms with Gasteiger partial charge in [0.2, 0.25) is 5.91 Å². The molecule has 0 spiro atoms. The minimum Gasteiger partial charge on any atom is -0.496 e. The molecule has 0 aromatic heterocycles. The standard InChI is InChI=1S/C24H30FN3O2/c1-30-23-10-7-21(25)15-20(23)17-26-11-13-27(14-12-26)18-24(29)28(22-8-9-22)16-19-5-3-2-4-6-19/h2-7,10,15,22H,8-9,11-14,16-18H2,1H3. The zero-order chi connectivity index (χ0) is 20.9. The van der Waals surface area contributed by atoms with E-state index in [2.05, 4.69) is 26.8 Å². The van der Waals surface area contributed by atoms with Crippen molar-refractivity contribution in [1.29, 1.82) is 0 Å². The fourth-order valence-electron chi connectivity index (χ4n) is 4.09. The summed E-state index contributed by atoms with van der Waals surface area (Å²) < 4.78 is 19.0. The molecule has 1 aliphatic carbocycles. The molecule has 2 aliphatic rings. The summed E-state index contributed by atoms with van der Waals surface area (Å²) in [6, 6.07) is 15.3. The molecule has 30 heavy (non-hydrogen) atoms. The molecule has 0 unspecified atom stereocenters. The molecule has 2 fully saturated rings. The van der Waals surface area contributed by atoms with Crippen LogP contribution in [0.4, 0.5) is 4.39 Å². The Hall–Kier alpha value is -2.44. The number of halogens is 1. The lowest BCUT2D eigenvalue weighted by Crippen LogP contribution is -2.50. The number of carbonyl (C=O) groups is 1. The van der Waals surface area contributed by atoms with Gasteiger partial charge in [0.1, 0.15) is 11.6 Å². The Morgan fingerprint density at radius 1 is 1.07 bits per heavy atom. The van der Waals surface area contributed by atoms with E-state index in [-0.39, 0.29) is 11.7 Å². The summed E-state index contributed by atoms with van der Waals surface area (Å²) in [6.45, 7) is 5.22. The minimum atomic E-state index is -0.242. The Balaban J connectivity index is 1.29. The topological polar surface area (TPSA) is 36.0 Å². The highest BCUT2D eigenvalue weighted by molar-refractivity contribution is 5.79. The highest BCUT2D eigenvalue weighted by atomic mass is 19.1. The first-order valence-electron chi connectivity index (χ1n) is 10.7. The lowest BCUT2D eigenvalue weighted by molar-refractivity contribution is -0.134. The van der Waals surface area contributed by atoms with Gasteiger partial charge in [-0.2, -0.15) is 0 Å². The van der Waals surface area contributed by atoms with Crippen LogP contribution in [0.1, 0.15) is 24.0 Å². The van der Waals surface area contributed by atoms with E-state index in [9.17, 15) is 9.18 Å². The van der Waals surface area contributed by atoms with Gasteiger partial charge in [0.15, 0.2) is 0 Å². The van der Waals surface area contributed by atoms with Gasteiger partial charge in [-0.25, -0.2) is 4.39 Å². The predicted molar refractivity (Wildman–Crippen MR) is 115 cm³/mol. The van der Waals surface area contributed by atoms with Crippen LogP contribution in [0.2, 0.25) is 0 Å². The second-order valence-electron chi connectivity index (χ2n) is 8.25. The van der Waals surface area contributed by atoms with Crippen LogP contribution in [0.5, 0.6) is 5.75 Å². The van der Waals surface area contributed by atoms with Gasteiger partial charge in [-0.05, 0) is 36.6 Å². The van der Waals surface area contributed by atoms with Crippen LogP contribution in [0.3, 0.4) is 0 Å². The first kappa shape index (κ1) is 20.8. The van der Waals surface area contributed by atoms with Crippen molar-refractivity contribution in [3.63, 3.8) is 0 Å². The maximum absolute atomic E-state index is 13.6. The van der Waals surface area contributed by atoms with E-state index in [1.54, 1.807) is 19.2 Å². The third-order valence-electron chi connectivity index (χ3n) is 5.96. The van der Waals surface area contributed by atoms with Gasteiger partial charge >= 0.3 is 0 Å². The van der Waals surface area contributed by atoms with E-state index in [1.165, 1.54) is 11.6 Å². The number of benzene rings is 2. The molecule has 1 saturated heterocycles. The van der Waals surface area contributed by atoms with Gasteiger partial charge in [0.25, 0.3) is 0 Å². The number of hydrogen-bond donors (Lipinski definition) is 0. The highest BCUT2D eigenvalue weighted by Gasteiger charge is 2.33. The molecule has 1 aliphatic heterocycles. The summed E-state index contributed by atoms with van der Waals surface area (Å²) in [4.78, 5) is 19.6. The maximum Gasteiger partial charge on any atom is 0.237 e. The first-order chi connectivity index (χ1) is 14.6. The Kier molecular flexibility index (Phi) is 6.65. The Labute approximate surface area is 178 Å². The molecule has 5 nitrogen and oxygen atoms in total. The number of piperazine rings is 1. The second-order valence-corrected chi connectivity index (χ2v) is 8.25. The van der Waals surface area contributed by atoms with Gasteiger partial charge in [0, 0.05) is 50.9 Å². The molecule has 0 bridgehead atoms. The molecule has 160 valence electrons. The number of carbonyl (C=O) groups excluding carboxylic acids is 1. The monoisotopic (exact) mass is 411 g/mol. The van der Waals surface area contributed by atoms with E-state index >= 15 is 0 Å². The normalized spacial score (nSPS) is 17.7. The van der Waals surface area contributed by atoms with Crippen molar-refractivity contribution in [2.24, 2.45) is 0 Å². The highest BCUT2D eigenvalue weighted by Crippen LogP contribution is 2.29. The number of methoxy groups -OCH3 is 1. The van der Waals surface area contributed by atoms with Crippen molar-refractivity contribution in [2.45, 2.75) is 32.0 Å². The first-order valence-corrected chi connectivity index (χ1v) is 10.7. The Morgan fingerprint density at radius 2 is 1.77 bits per heavy atom. The van der Waals surface area contributed by atoms with E-state index < -0.39 is 0 Å². The zero-order valence-electron chi connectivity index (χ0n) is 17.6. The summed E-state index contributed by atoms with van der Waals surface area (Å²) in [5.41, 5.74) is 2.05. The molecule has 2 aromatic carbocycles. The quantitative estimate of drug-likeness (QED) is 0.669. The third kappa shape index (κ3) is 5.37. The lowest BCUT2D eigenvalue weighted by atomic mass is 10.1. The fourth-order valence-corrected chi connectivity index (χ4v) is 4.09. The van der Waals surface area contributed by atoms with Crippen molar-refractivity contribution in [3.8, 4) is 5.75 Å². The van der Waals surface area contributed by atoms with Gasteiger partial charge in [-0.3, -0.25) is 14.6 Å². The molecule has 1 saturated carbocycles. The number of nitrogens with zero attached hydrogens (tertiary/aromatic N) is 3. The van der Waals surface area contributed by atoms with Gasteiger partial charge in [-0.1, -0.05) is 30.3 Å². The smallest absolute Gasteiger partial charge is 0.237 e. The fraction of sp³-hybridized carbons (Fsp3) is 0.458. The predicted octanol–water partition coefficient (Wildman–Crippen LogP) is 3.14. The second kappa shape index (κ2) is 9.58. The van der Waals surface area contributed by atoms with E-state index in [0.717, 1.165) is 50.3 Å². The number of hydrogen-bond acceptors (Lipinski definition) is 4. The van der Waals surface area contributed by atoms with Gasteiger partial charge in [-0.15, -0.1) is 0 Å². The molecule has 2 aromatic rings. The van der Waals surface area contributed by atoms with Crippen LogP contribution in [-0.4, -0.2) is 66.5 Å². The van der Waals surface area contributed by atoms with E-state index in [1.807, 2.05) is 18.2 Å². The summed E-state index contributed by atoms with van der Waals surface area (Å²) in [6.07, 6.45) is 2.23. The van der Waals surface area contributed by atoms with Crippen LogP contribution >= 0.6 is 0 Å². The van der Waals surface area contributed by atoms with Crippen LogP contribution in [0.25, 0.3) is 0 Å². The van der Waals surface area contributed by atoms with Crippen molar-refractivity contribution in [3.05, 3.63) is 65.5 Å². The van der Waals surface area contributed by atoms with Crippen molar-refractivity contribution >= 4 is 5.91 Å². The molecule has 1 heterocycles. The molecular weight excluding hydrogens is 381 g/mol. The van der Waals surface area contributed by atoms with Gasteiger partial charge in [0.05, 0.1) is 13.7 Å². The number of ether oxygens (including phenoxy) is 1. The molecule has 6 heteroatoms. The van der Waals surface area contributed by atoms with Crippen molar-refractivity contribution in [2.75, 3.05) is 39.8 Å². The summed E-state index contributed by atoms with van der Waals surface area (Å²) in [5.74, 6) is 0.699. The molecule has 4 rings (SSSR count). The van der Waals surface area contributed by atoms with E-state index in [0.29, 0.717) is 25.7 Å². The van der Waals surface area contributed by atoms with Crippen LogP contribution in [0.15, 0.2) is 48.5 Å². The van der Waals surface area contributed by atoms with Crippen molar-refractivity contribution in [1.82, 2.24) is 14.7 Å². The Morgan fingerprint density at radius 3 is 2.43 bits per heavy atom. The van der Waals surface area contributed by atoms with Crippen LogP contribution < -0.4 is 4.74 Å².